The third-order valence-corrected chi connectivity index (χ3v) is 5.38. The molecule has 0 saturated carbocycles. The first-order valence-corrected chi connectivity index (χ1v) is 9.69. The molecule has 0 aromatic heterocycles. The zero-order valence-corrected chi connectivity index (χ0v) is 17.0. The fourth-order valence-electron chi connectivity index (χ4n) is 3.23. The van der Waals surface area contributed by atoms with Gasteiger partial charge in [-0.2, -0.15) is 0 Å². The Morgan fingerprint density at radius 3 is 1.85 bits per heavy atom. The second-order valence-electron chi connectivity index (χ2n) is 7.93. The number of amides is 2. The fourth-order valence-corrected chi connectivity index (χ4v) is 3.49. The Balaban J connectivity index is 1.63. The molecule has 4 nitrogen and oxygen atoms in total. The van der Waals surface area contributed by atoms with Crippen LogP contribution in [0.1, 0.15) is 47.1 Å². The Kier molecular flexibility index (Phi) is 5.61. The molecule has 0 unspecified atom stereocenters. The summed E-state index contributed by atoms with van der Waals surface area (Å²) < 4.78 is 0. The van der Waals surface area contributed by atoms with Crippen molar-refractivity contribution in [3.63, 3.8) is 0 Å². The molecule has 1 aliphatic rings. The third-order valence-electron chi connectivity index (χ3n) is 4.99. The molecular weight excluding hydrogens is 356 g/mol. The van der Waals surface area contributed by atoms with E-state index in [4.69, 9.17) is 0 Å². The molecule has 0 atom stereocenters. The molecule has 0 N–H and O–H groups in total. The Hall–Kier alpha value is -2.27. The van der Waals surface area contributed by atoms with Crippen molar-refractivity contribution in [3.05, 3.63) is 65.2 Å². The summed E-state index contributed by atoms with van der Waals surface area (Å²) in [5.74, 6) is -0.000572. The summed E-state index contributed by atoms with van der Waals surface area (Å²) in [5.41, 5.74) is 2.58. The Morgan fingerprint density at radius 2 is 1.33 bits per heavy atom. The van der Waals surface area contributed by atoms with Crippen LogP contribution < -0.4 is 0 Å². The molecule has 2 amide bonds. The van der Waals surface area contributed by atoms with Crippen molar-refractivity contribution < 1.29 is 9.59 Å². The first kappa shape index (κ1) is 19.5. The number of carbonyl (C=O) groups is 2. The van der Waals surface area contributed by atoms with Crippen molar-refractivity contribution in [1.82, 2.24) is 9.80 Å². The predicted molar refractivity (Wildman–Crippen MR) is 111 cm³/mol. The lowest BCUT2D eigenvalue weighted by atomic mass is 9.86. The maximum absolute atomic E-state index is 12.8. The van der Waals surface area contributed by atoms with Crippen LogP contribution >= 0.6 is 12.6 Å². The number of benzene rings is 2. The fraction of sp³-hybridized carbons (Fsp3) is 0.364. The second-order valence-corrected chi connectivity index (χ2v) is 8.41. The SMILES string of the molecule is CC(C)(C)c1ccc(C(=O)N2CCN(C(=O)c3ccccc3S)CC2)cc1. The van der Waals surface area contributed by atoms with Crippen LogP contribution in [0.25, 0.3) is 0 Å². The minimum absolute atomic E-state index is 0.0251. The van der Waals surface area contributed by atoms with Gasteiger partial charge in [0, 0.05) is 36.6 Å². The van der Waals surface area contributed by atoms with E-state index in [0.29, 0.717) is 42.2 Å². The van der Waals surface area contributed by atoms with Gasteiger partial charge in [-0.3, -0.25) is 9.59 Å². The summed E-state index contributed by atoms with van der Waals surface area (Å²) in [4.78, 5) is 29.7. The molecule has 142 valence electrons. The lowest BCUT2D eigenvalue weighted by Crippen LogP contribution is -2.50. The molecule has 2 aromatic carbocycles. The quantitative estimate of drug-likeness (QED) is 0.801. The first-order chi connectivity index (χ1) is 12.8. The summed E-state index contributed by atoms with van der Waals surface area (Å²) >= 11 is 4.37. The van der Waals surface area contributed by atoms with Gasteiger partial charge in [0.25, 0.3) is 11.8 Å². The topological polar surface area (TPSA) is 40.6 Å². The standard InChI is InChI=1S/C22H26N2O2S/c1-22(2,3)17-10-8-16(9-11-17)20(25)23-12-14-24(15-13-23)21(26)18-6-4-5-7-19(18)27/h4-11,27H,12-15H2,1-3H3. The lowest BCUT2D eigenvalue weighted by Gasteiger charge is -2.35. The van der Waals surface area contributed by atoms with Gasteiger partial charge in [-0.15, -0.1) is 12.6 Å². The van der Waals surface area contributed by atoms with Crippen molar-refractivity contribution in [3.8, 4) is 0 Å². The summed E-state index contributed by atoms with van der Waals surface area (Å²) in [7, 11) is 0. The number of hydrogen-bond acceptors (Lipinski definition) is 3. The van der Waals surface area contributed by atoms with Gasteiger partial charge in [-0.1, -0.05) is 45.0 Å². The largest absolute Gasteiger partial charge is 0.335 e. The van der Waals surface area contributed by atoms with Crippen LogP contribution in [-0.2, 0) is 5.41 Å². The molecule has 1 aliphatic heterocycles. The smallest absolute Gasteiger partial charge is 0.255 e. The van der Waals surface area contributed by atoms with E-state index in [1.54, 1.807) is 11.0 Å². The van der Waals surface area contributed by atoms with Gasteiger partial charge in [0.2, 0.25) is 0 Å². The third kappa shape index (κ3) is 4.35. The van der Waals surface area contributed by atoms with Crippen LogP contribution in [0.5, 0.6) is 0 Å². The monoisotopic (exact) mass is 382 g/mol. The van der Waals surface area contributed by atoms with Gasteiger partial charge in [-0.05, 0) is 35.2 Å². The Morgan fingerprint density at radius 1 is 0.815 bits per heavy atom. The molecule has 2 aromatic rings. The van der Waals surface area contributed by atoms with Gasteiger partial charge >= 0.3 is 0 Å². The van der Waals surface area contributed by atoms with Gasteiger partial charge in [0.15, 0.2) is 0 Å². The minimum Gasteiger partial charge on any atom is -0.335 e. The normalized spacial score (nSPS) is 15.0. The molecule has 0 radical (unpaired) electrons. The van der Waals surface area contributed by atoms with E-state index in [-0.39, 0.29) is 17.2 Å². The summed E-state index contributed by atoms with van der Waals surface area (Å²) in [6.07, 6.45) is 0. The molecule has 1 heterocycles. The van der Waals surface area contributed by atoms with Gasteiger partial charge in [-0.25, -0.2) is 0 Å². The van der Waals surface area contributed by atoms with Crippen molar-refractivity contribution in [1.29, 1.82) is 0 Å². The molecule has 1 fully saturated rings. The van der Waals surface area contributed by atoms with Crippen molar-refractivity contribution in [2.45, 2.75) is 31.1 Å². The highest BCUT2D eigenvalue weighted by Crippen LogP contribution is 2.23. The van der Waals surface area contributed by atoms with Crippen LogP contribution in [0.4, 0.5) is 0 Å². The highest BCUT2D eigenvalue weighted by molar-refractivity contribution is 7.80. The number of carbonyl (C=O) groups excluding carboxylic acids is 2. The lowest BCUT2D eigenvalue weighted by molar-refractivity contribution is 0.0533. The van der Waals surface area contributed by atoms with E-state index in [9.17, 15) is 9.59 Å². The highest BCUT2D eigenvalue weighted by Gasteiger charge is 2.26. The number of hydrogen-bond donors (Lipinski definition) is 1. The van der Waals surface area contributed by atoms with E-state index >= 15 is 0 Å². The van der Waals surface area contributed by atoms with Crippen LogP contribution in [0.15, 0.2) is 53.4 Å². The molecule has 1 saturated heterocycles. The maximum atomic E-state index is 12.8. The molecular formula is C22H26N2O2S. The van der Waals surface area contributed by atoms with E-state index < -0.39 is 0 Å². The van der Waals surface area contributed by atoms with Crippen molar-refractivity contribution >= 4 is 24.4 Å². The number of thiol groups is 1. The zero-order valence-electron chi connectivity index (χ0n) is 16.1. The predicted octanol–water partition coefficient (Wildman–Crippen LogP) is 3.87. The summed E-state index contributed by atoms with van der Waals surface area (Å²) in [6.45, 7) is 8.62. The Labute approximate surface area is 166 Å². The van der Waals surface area contributed by atoms with E-state index in [0.717, 1.165) is 0 Å². The van der Waals surface area contributed by atoms with Gasteiger partial charge in [0.05, 0.1) is 5.56 Å². The highest BCUT2D eigenvalue weighted by atomic mass is 32.1. The van der Waals surface area contributed by atoms with Crippen LogP contribution in [0, 0.1) is 0 Å². The number of nitrogens with zero attached hydrogens (tertiary/aromatic N) is 2. The average Bonchev–Trinajstić information content (AvgIpc) is 2.67. The van der Waals surface area contributed by atoms with Crippen LogP contribution in [-0.4, -0.2) is 47.8 Å². The minimum atomic E-state index is -0.0257. The second kappa shape index (κ2) is 7.77. The van der Waals surface area contributed by atoms with Crippen molar-refractivity contribution in [2.75, 3.05) is 26.2 Å². The molecule has 0 aliphatic carbocycles. The van der Waals surface area contributed by atoms with Crippen LogP contribution in [0.3, 0.4) is 0 Å². The first-order valence-electron chi connectivity index (χ1n) is 9.24. The molecule has 3 rings (SSSR count). The van der Waals surface area contributed by atoms with Crippen LogP contribution in [0.2, 0.25) is 0 Å². The summed E-state index contributed by atoms with van der Waals surface area (Å²) in [5, 5.41) is 0. The average molecular weight is 383 g/mol. The summed E-state index contributed by atoms with van der Waals surface area (Å²) in [6, 6.07) is 15.2. The van der Waals surface area contributed by atoms with Crippen molar-refractivity contribution in [2.24, 2.45) is 0 Å². The van der Waals surface area contributed by atoms with E-state index in [1.807, 2.05) is 47.4 Å². The molecule has 27 heavy (non-hydrogen) atoms. The Bertz CT molecular complexity index is 832. The van der Waals surface area contributed by atoms with E-state index in [2.05, 4.69) is 33.4 Å². The van der Waals surface area contributed by atoms with Gasteiger partial charge < -0.3 is 9.80 Å². The molecule has 0 spiro atoms. The molecule has 0 bridgehead atoms. The van der Waals surface area contributed by atoms with Gasteiger partial charge in [0.1, 0.15) is 0 Å². The number of rotatable bonds is 2. The zero-order chi connectivity index (χ0) is 19.6. The molecule has 5 heteroatoms. The van der Waals surface area contributed by atoms with E-state index in [1.165, 1.54) is 5.56 Å². The maximum Gasteiger partial charge on any atom is 0.255 e. The number of piperazine rings is 1.